The van der Waals surface area contributed by atoms with E-state index in [1.54, 1.807) is 6.20 Å². The summed E-state index contributed by atoms with van der Waals surface area (Å²) in [4.78, 5) is 25.6. The second-order valence-corrected chi connectivity index (χ2v) is 7.38. The van der Waals surface area contributed by atoms with Crippen molar-refractivity contribution in [2.24, 2.45) is 0 Å². The van der Waals surface area contributed by atoms with Crippen LogP contribution in [0, 0.1) is 5.82 Å². The molecule has 2 aromatic carbocycles. The van der Waals surface area contributed by atoms with Gasteiger partial charge in [-0.2, -0.15) is 13.2 Å². The van der Waals surface area contributed by atoms with E-state index in [4.69, 9.17) is 0 Å². The van der Waals surface area contributed by atoms with E-state index in [9.17, 15) is 27.2 Å². The van der Waals surface area contributed by atoms with Gasteiger partial charge in [0, 0.05) is 19.3 Å². The van der Waals surface area contributed by atoms with Crippen LogP contribution < -0.4 is 10.9 Å². The summed E-state index contributed by atoms with van der Waals surface area (Å²) in [6.45, 7) is 2.43. The van der Waals surface area contributed by atoms with Crippen molar-refractivity contribution in [2.75, 3.05) is 0 Å². The van der Waals surface area contributed by atoms with Crippen LogP contribution in [0.2, 0.25) is 0 Å². The fourth-order valence-corrected chi connectivity index (χ4v) is 3.18. The number of halogens is 4. The van der Waals surface area contributed by atoms with E-state index in [2.05, 4.69) is 5.32 Å². The molecule has 168 valence electrons. The summed E-state index contributed by atoms with van der Waals surface area (Å²) in [5, 5.41) is 2.64. The van der Waals surface area contributed by atoms with E-state index >= 15 is 0 Å². The Labute approximate surface area is 182 Å². The summed E-state index contributed by atoms with van der Waals surface area (Å²) >= 11 is 0. The van der Waals surface area contributed by atoms with Gasteiger partial charge in [0.15, 0.2) is 0 Å². The molecular formula is C24H22F4N2O2. The van der Waals surface area contributed by atoms with Gasteiger partial charge in [-0.3, -0.25) is 9.59 Å². The highest BCUT2D eigenvalue weighted by Crippen LogP contribution is 2.31. The van der Waals surface area contributed by atoms with Gasteiger partial charge in [-0.15, -0.1) is 0 Å². The number of carbonyl (C=O) groups is 1. The second kappa shape index (κ2) is 9.80. The Morgan fingerprint density at radius 3 is 2.25 bits per heavy atom. The highest BCUT2D eigenvalue weighted by Gasteiger charge is 2.30. The molecule has 4 nitrogen and oxygen atoms in total. The van der Waals surface area contributed by atoms with Crippen molar-refractivity contribution in [3.63, 3.8) is 0 Å². The number of carbonyl (C=O) groups excluding carboxylic acids is 1. The molecule has 1 N–H and O–H groups in total. The number of alkyl halides is 3. The highest BCUT2D eigenvalue weighted by molar-refractivity contribution is 5.95. The SMILES string of the molecule is CCCCn1cc(-c2ccc(C(F)(F)F)cc2)cc(C(=O)NCc2ccc(F)cc2)c1=O. The topological polar surface area (TPSA) is 51.1 Å². The smallest absolute Gasteiger partial charge is 0.348 e. The Bertz CT molecular complexity index is 1130. The first-order valence-corrected chi connectivity index (χ1v) is 10.1. The van der Waals surface area contributed by atoms with Crippen molar-refractivity contribution < 1.29 is 22.4 Å². The number of amides is 1. The number of aryl methyl sites for hydroxylation is 1. The minimum absolute atomic E-state index is 0.0953. The fraction of sp³-hybridized carbons (Fsp3) is 0.250. The summed E-state index contributed by atoms with van der Waals surface area (Å²) < 4.78 is 53.1. The lowest BCUT2D eigenvalue weighted by Gasteiger charge is -2.13. The monoisotopic (exact) mass is 446 g/mol. The lowest BCUT2D eigenvalue weighted by atomic mass is 10.0. The van der Waals surface area contributed by atoms with E-state index in [1.807, 2.05) is 6.92 Å². The first-order chi connectivity index (χ1) is 15.2. The molecule has 1 amide bonds. The van der Waals surface area contributed by atoms with Crippen molar-refractivity contribution in [1.82, 2.24) is 9.88 Å². The third-order valence-electron chi connectivity index (χ3n) is 5.00. The summed E-state index contributed by atoms with van der Waals surface area (Å²) in [5.74, 6) is -1.01. The molecule has 3 rings (SSSR count). The number of nitrogens with one attached hydrogen (secondary N) is 1. The number of benzene rings is 2. The second-order valence-electron chi connectivity index (χ2n) is 7.38. The van der Waals surface area contributed by atoms with Crippen molar-refractivity contribution in [1.29, 1.82) is 0 Å². The largest absolute Gasteiger partial charge is 0.416 e. The van der Waals surface area contributed by atoms with Crippen LogP contribution in [-0.2, 0) is 19.3 Å². The van der Waals surface area contributed by atoms with Gasteiger partial charge in [-0.1, -0.05) is 37.6 Å². The Kier molecular flexibility index (Phi) is 7.12. The van der Waals surface area contributed by atoms with Crippen LogP contribution in [0.5, 0.6) is 0 Å². The zero-order chi connectivity index (χ0) is 23.3. The van der Waals surface area contributed by atoms with E-state index in [0.29, 0.717) is 29.7 Å². The molecule has 0 aliphatic rings. The van der Waals surface area contributed by atoms with Gasteiger partial charge < -0.3 is 9.88 Å². The molecule has 3 aromatic rings. The number of nitrogens with zero attached hydrogens (tertiary/aromatic N) is 1. The lowest BCUT2D eigenvalue weighted by Crippen LogP contribution is -2.33. The van der Waals surface area contributed by atoms with Gasteiger partial charge in [0.05, 0.1) is 5.56 Å². The molecule has 0 saturated carbocycles. The summed E-state index contributed by atoms with van der Waals surface area (Å²) in [5.41, 5.74) is 0.200. The van der Waals surface area contributed by atoms with Crippen LogP contribution in [0.15, 0.2) is 65.6 Å². The molecule has 0 bridgehead atoms. The zero-order valence-corrected chi connectivity index (χ0v) is 17.4. The predicted octanol–water partition coefficient (Wildman–Crippen LogP) is 5.40. The van der Waals surface area contributed by atoms with Crippen LogP contribution in [-0.4, -0.2) is 10.5 Å². The van der Waals surface area contributed by atoms with Crippen molar-refractivity contribution in [3.8, 4) is 11.1 Å². The maximum atomic E-state index is 13.1. The van der Waals surface area contributed by atoms with Crippen LogP contribution >= 0.6 is 0 Å². The number of rotatable bonds is 7. The van der Waals surface area contributed by atoms with Crippen LogP contribution in [0.25, 0.3) is 11.1 Å². The molecule has 0 atom stereocenters. The number of aromatic nitrogens is 1. The van der Waals surface area contributed by atoms with Crippen LogP contribution in [0.4, 0.5) is 17.6 Å². The average Bonchev–Trinajstić information content (AvgIpc) is 2.77. The molecule has 0 aliphatic carbocycles. The zero-order valence-electron chi connectivity index (χ0n) is 17.4. The van der Waals surface area contributed by atoms with Crippen LogP contribution in [0.1, 0.15) is 41.3 Å². The lowest BCUT2D eigenvalue weighted by molar-refractivity contribution is -0.137. The summed E-state index contributed by atoms with van der Waals surface area (Å²) in [7, 11) is 0. The first kappa shape index (κ1) is 23.2. The Hall–Kier alpha value is -3.42. The highest BCUT2D eigenvalue weighted by atomic mass is 19.4. The van der Waals surface area contributed by atoms with Crippen molar-refractivity contribution >= 4 is 5.91 Å². The number of unbranched alkanes of at least 4 members (excludes halogenated alkanes) is 1. The standard InChI is InChI=1S/C24H22F4N2O2/c1-2-3-12-30-15-18(17-6-8-19(9-7-17)24(26,27)28)13-21(23(30)32)22(31)29-14-16-4-10-20(25)11-5-16/h4-11,13,15H,2-3,12,14H2,1H3,(H,29,31). The van der Waals surface area contributed by atoms with Crippen LogP contribution in [0.3, 0.4) is 0 Å². The third-order valence-corrected chi connectivity index (χ3v) is 5.00. The minimum Gasteiger partial charge on any atom is -0.348 e. The Morgan fingerprint density at radius 1 is 1.00 bits per heavy atom. The number of pyridine rings is 1. The third kappa shape index (κ3) is 5.63. The molecule has 0 unspecified atom stereocenters. The molecule has 8 heteroatoms. The molecule has 0 radical (unpaired) electrons. The molecule has 1 heterocycles. The molecule has 0 fully saturated rings. The van der Waals surface area contributed by atoms with E-state index in [1.165, 1.54) is 47.0 Å². The molecular weight excluding hydrogens is 424 g/mol. The summed E-state index contributed by atoms with van der Waals surface area (Å²) in [6, 6.07) is 11.5. The number of hydrogen-bond acceptors (Lipinski definition) is 2. The minimum atomic E-state index is -4.45. The van der Waals surface area contributed by atoms with Crippen molar-refractivity contribution in [2.45, 2.75) is 39.0 Å². The fourth-order valence-electron chi connectivity index (χ4n) is 3.18. The van der Waals surface area contributed by atoms with E-state index in [0.717, 1.165) is 18.6 Å². The van der Waals surface area contributed by atoms with E-state index < -0.39 is 29.0 Å². The molecule has 1 aromatic heterocycles. The maximum absolute atomic E-state index is 13.1. The summed E-state index contributed by atoms with van der Waals surface area (Å²) in [6.07, 6.45) is -1.38. The first-order valence-electron chi connectivity index (χ1n) is 10.1. The van der Waals surface area contributed by atoms with Gasteiger partial charge in [0.1, 0.15) is 11.4 Å². The predicted molar refractivity (Wildman–Crippen MR) is 114 cm³/mol. The molecule has 0 saturated heterocycles. The van der Waals surface area contributed by atoms with Gasteiger partial charge in [-0.25, -0.2) is 4.39 Å². The van der Waals surface area contributed by atoms with Gasteiger partial charge in [0.2, 0.25) is 0 Å². The molecule has 0 spiro atoms. The average molecular weight is 446 g/mol. The normalized spacial score (nSPS) is 11.4. The van der Waals surface area contributed by atoms with Gasteiger partial charge in [-0.05, 0) is 53.4 Å². The molecule has 0 aliphatic heterocycles. The van der Waals surface area contributed by atoms with Gasteiger partial charge in [0.25, 0.3) is 11.5 Å². The quantitative estimate of drug-likeness (QED) is 0.494. The number of hydrogen-bond donors (Lipinski definition) is 1. The van der Waals surface area contributed by atoms with E-state index in [-0.39, 0.29) is 12.1 Å². The van der Waals surface area contributed by atoms with Crippen molar-refractivity contribution in [3.05, 3.63) is 93.7 Å². The maximum Gasteiger partial charge on any atom is 0.416 e. The Balaban J connectivity index is 1.93. The molecule has 32 heavy (non-hydrogen) atoms. The van der Waals surface area contributed by atoms with Gasteiger partial charge >= 0.3 is 6.18 Å². The Morgan fingerprint density at radius 2 is 1.66 bits per heavy atom.